The molecule has 0 radical (unpaired) electrons. The maximum Gasteiger partial charge on any atom is 0.00991 e. The second-order valence-corrected chi connectivity index (χ2v) is 4.64. The summed E-state index contributed by atoms with van der Waals surface area (Å²) in [5, 5.41) is 3.64. The van der Waals surface area contributed by atoms with Gasteiger partial charge in [-0.25, -0.2) is 0 Å². The summed E-state index contributed by atoms with van der Waals surface area (Å²) in [6.45, 7) is 6.52. The summed E-state index contributed by atoms with van der Waals surface area (Å²) < 4.78 is 0. The lowest BCUT2D eigenvalue weighted by Gasteiger charge is -2.12. The van der Waals surface area contributed by atoms with E-state index in [-0.39, 0.29) is 0 Å². The minimum Gasteiger partial charge on any atom is -0.330 e. The molecule has 0 bridgehead atoms. The van der Waals surface area contributed by atoms with Crippen molar-refractivity contribution < 1.29 is 0 Å². The Hall–Kier alpha value is -0.0800. The normalized spacial score (nSPS) is 27.6. The monoisotopic (exact) mass is 198 g/mol. The van der Waals surface area contributed by atoms with Gasteiger partial charge in [0.05, 0.1) is 0 Å². The van der Waals surface area contributed by atoms with Crippen LogP contribution in [0.15, 0.2) is 0 Å². The Morgan fingerprint density at radius 3 is 2.79 bits per heavy atom. The number of nitrogens with two attached hydrogens (primary N) is 1. The fourth-order valence-electron chi connectivity index (χ4n) is 2.15. The van der Waals surface area contributed by atoms with Crippen molar-refractivity contribution in [1.29, 1.82) is 0 Å². The van der Waals surface area contributed by atoms with Crippen molar-refractivity contribution in [3.8, 4) is 0 Å². The largest absolute Gasteiger partial charge is 0.330 e. The Morgan fingerprint density at radius 2 is 2.21 bits per heavy atom. The van der Waals surface area contributed by atoms with Gasteiger partial charge in [-0.1, -0.05) is 26.7 Å². The zero-order chi connectivity index (χ0) is 10.4. The van der Waals surface area contributed by atoms with Gasteiger partial charge in [-0.05, 0) is 44.2 Å². The SMILES string of the molecule is CCCC1CC1NCCC(CC)CN. The predicted molar refractivity (Wildman–Crippen MR) is 62.3 cm³/mol. The van der Waals surface area contributed by atoms with E-state index < -0.39 is 0 Å². The van der Waals surface area contributed by atoms with Crippen LogP contribution in [0.25, 0.3) is 0 Å². The first-order valence-corrected chi connectivity index (χ1v) is 6.25. The zero-order valence-corrected chi connectivity index (χ0v) is 9.76. The molecule has 1 rings (SSSR count). The number of hydrogen-bond donors (Lipinski definition) is 2. The molecule has 0 saturated heterocycles. The van der Waals surface area contributed by atoms with Crippen LogP contribution >= 0.6 is 0 Å². The summed E-state index contributed by atoms with van der Waals surface area (Å²) in [7, 11) is 0. The Bertz CT molecular complexity index is 143. The Morgan fingerprint density at radius 1 is 1.43 bits per heavy atom. The first kappa shape index (κ1) is 12.0. The summed E-state index contributed by atoms with van der Waals surface area (Å²) in [4.78, 5) is 0. The summed E-state index contributed by atoms with van der Waals surface area (Å²) >= 11 is 0. The van der Waals surface area contributed by atoms with Crippen molar-refractivity contribution in [3.63, 3.8) is 0 Å². The van der Waals surface area contributed by atoms with E-state index in [1.807, 2.05) is 0 Å². The van der Waals surface area contributed by atoms with Crippen LogP contribution in [0.4, 0.5) is 0 Å². The molecule has 1 fully saturated rings. The maximum absolute atomic E-state index is 5.66. The predicted octanol–water partition coefficient (Wildman–Crippen LogP) is 2.14. The Labute approximate surface area is 88.6 Å². The van der Waals surface area contributed by atoms with Crippen LogP contribution in [0.2, 0.25) is 0 Å². The first-order valence-electron chi connectivity index (χ1n) is 6.25. The Kier molecular flexibility index (Phi) is 5.49. The highest BCUT2D eigenvalue weighted by Gasteiger charge is 2.34. The molecule has 84 valence electrons. The molecule has 0 aromatic heterocycles. The quantitative estimate of drug-likeness (QED) is 0.627. The van der Waals surface area contributed by atoms with Crippen molar-refractivity contribution in [2.24, 2.45) is 17.6 Å². The number of rotatable bonds is 8. The Balaban J connectivity index is 1.95. The van der Waals surface area contributed by atoms with Gasteiger partial charge in [0.15, 0.2) is 0 Å². The van der Waals surface area contributed by atoms with Gasteiger partial charge in [-0.2, -0.15) is 0 Å². The zero-order valence-electron chi connectivity index (χ0n) is 9.76. The lowest BCUT2D eigenvalue weighted by atomic mass is 10.0. The highest BCUT2D eigenvalue weighted by Crippen LogP contribution is 2.34. The highest BCUT2D eigenvalue weighted by atomic mass is 15.0. The minimum absolute atomic E-state index is 0.728. The molecule has 0 aromatic rings. The van der Waals surface area contributed by atoms with Crippen LogP contribution in [0.5, 0.6) is 0 Å². The maximum atomic E-state index is 5.66. The van der Waals surface area contributed by atoms with Gasteiger partial charge in [0.1, 0.15) is 0 Å². The number of hydrogen-bond acceptors (Lipinski definition) is 2. The van der Waals surface area contributed by atoms with Gasteiger partial charge in [0, 0.05) is 6.04 Å². The molecular formula is C12H26N2. The molecule has 2 nitrogen and oxygen atoms in total. The molecule has 2 heteroatoms. The molecule has 1 saturated carbocycles. The van der Waals surface area contributed by atoms with Crippen LogP contribution in [-0.2, 0) is 0 Å². The second kappa shape index (κ2) is 6.41. The van der Waals surface area contributed by atoms with Crippen LogP contribution in [-0.4, -0.2) is 19.1 Å². The van der Waals surface area contributed by atoms with E-state index in [1.165, 1.54) is 38.6 Å². The van der Waals surface area contributed by atoms with Crippen molar-refractivity contribution >= 4 is 0 Å². The van der Waals surface area contributed by atoms with Gasteiger partial charge < -0.3 is 11.1 Å². The first-order chi connectivity index (χ1) is 6.81. The molecule has 0 aliphatic heterocycles. The fourth-order valence-corrected chi connectivity index (χ4v) is 2.15. The summed E-state index contributed by atoms with van der Waals surface area (Å²) in [5.74, 6) is 1.71. The molecule has 3 N–H and O–H groups in total. The lowest BCUT2D eigenvalue weighted by Crippen LogP contribution is -2.24. The third-order valence-electron chi connectivity index (χ3n) is 3.45. The summed E-state index contributed by atoms with van der Waals surface area (Å²) in [6, 6.07) is 0.838. The van der Waals surface area contributed by atoms with Gasteiger partial charge in [-0.3, -0.25) is 0 Å². The molecule has 0 heterocycles. The molecule has 3 unspecified atom stereocenters. The standard InChI is InChI=1S/C12H26N2/c1-3-5-11-8-12(11)14-7-6-10(4-2)9-13/h10-12,14H,3-9,13H2,1-2H3. The summed E-state index contributed by atoms with van der Waals surface area (Å²) in [5.41, 5.74) is 5.66. The van der Waals surface area contributed by atoms with Crippen molar-refractivity contribution in [1.82, 2.24) is 5.32 Å². The van der Waals surface area contributed by atoms with E-state index in [0.717, 1.165) is 24.4 Å². The topological polar surface area (TPSA) is 38.0 Å². The van der Waals surface area contributed by atoms with Crippen LogP contribution < -0.4 is 11.1 Å². The molecule has 0 aromatic carbocycles. The molecule has 0 amide bonds. The highest BCUT2D eigenvalue weighted by molar-refractivity contribution is 4.92. The van der Waals surface area contributed by atoms with Crippen molar-refractivity contribution in [3.05, 3.63) is 0 Å². The van der Waals surface area contributed by atoms with Crippen molar-refractivity contribution in [2.45, 2.75) is 52.0 Å². The lowest BCUT2D eigenvalue weighted by molar-refractivity contribution is 0.453. The summed E-state index contributed by atoms with van der Waals surface area (Å²) in [6.07, 6.45) is 6.63. The van der Waals surface area contributed by atoms with E-state index in [9.17, 15) is 0 Å². The molecule has 3 atom stereocenters. The second-order valence-electron chi connectivity index (χ2n) is 4.64. The average molecular weight is 198 g/mol. The van der Waals surface area contributed by atoms with Crippen molar-refractivity contribution in [2.75, 3.05) is 13.1 Å². The number of nitrogens with one attached hydrogen (secondary N) is 1. The smallest absolute Gasteiger partial charge is 0.00991 e. The van der Waals surface area contributed by atoms with Gasteiger partial charge in [0.2, 0.25) is 0 Å². The minimum atomic E-state index is 0.728. The molecule has 0 spiro atoms. The molecule has 1 aliphatic carbocycles. The third-order valence-corrected chi connectivity index (χ3v) is 3.45. The third kappa shape index (κ3) is 3.97. The molecular weight excluding hydrogens is 172 g/mol. The van der Waals surface area contributed by atoms with E-state index in [0.29, 0.717) is 0 Å². The van der Waals surface area contributed by atoms with E-state index in [1.54, 1.807) is 0 Å². The van der Waals surface area contributed by atoms with Crippen LogP contribution in [0.3, 0.4) is 0 Å². The van der Waals surface area contributed by atoms with Gasteiger partial charge >= 0.3 is 0 Å². The van der Waals surface area contributed by atoms with E-state index in [2.05, 4.69) is 19.2 Å². The van der Waals surface area contributed by atoms with E-state index in [4.69, 9.17) is 5.73 Å². The molecule has 14 heavy (non-hydrogen) atoms. The fraction of sp³-hybridized carbons (Fsp3) is 1.00. The molecule has 1 aliphatic rings. The van der Waals surface area contributed by atoms with Crippen LogP contribution in [0, 0.1) is 11.8 Å². The average Bonchev–Trinajstić information content (AvgIpc) is 2.92. The van der Waals surface area contributed by atoms with Gasteiger partial charge in [-0.15, -0.1) is 0 Å². The van der Waals surface area contributed by atoms with E-state index >= 15 is 0 Å². The van der Waals surface area contributed by atoms with Crippen LogP contribution in [0.1, 0.15) is 46.0 Å². The van der Waals surface area contributed by atoms with Gasteiger partial charge in [0.25, 0.3) is 0 Å².